The van der Waals surface area contributed by atoms with Crippen LogP contribution >= 0.6 is 23.1 Å². The van der Waals surface area contributed by atoms with Gasteiger partial charge in [-0.05, 0) is 25.0 Å². The van der Waals surface area contributed by atoms with Crippen molar-refractivity contribution in [3.05, 3.63) is 46.3 Å². The number of alkyl halides is 3. The second-order valence-corrected chi connectivity index (χ2v) is 7.58. The molecule has 5 nitrogen and oxygen atoms in total. The molecule has 2 aromatic heterocycles. The van der Waals surface area contributed by atoms with Gasteiger partial charge in [-0.3, -0.25) is 0 Å². The molecule has 3 N–H and O–H groups in total. The summed E-state index contributed by atoms with van der Waals surface area (Å²) in [6, 6.07) is 10.3. The number of aliphatic carboxylic acids is 1. The van der Waals surface area contributed by atoms with Crippen molar-refractivity contribution < 1.29 is 23.1 Å². The molecule has 2 heterocycles. The largest absolute Gasteiger partial charge is 0.490 e. The Morgan fingerprint density at radius 3 is 2.37 bits per heavy atom. The molecular formula is C17H16F3N3O2S2. The molecule has 0 aliphatic carbocycles. The van der Waals surface area contributed by atoms with E-state index < -0.39 is 12.1 Å². The van der Waals surface area contributed by atoms with Crippen molar-refractivity contribution in [2.45, 2.75) is 30.9 Å². The molecule has 0 fully saturated rings. The number of aryl methyl sites for hydroxylation is 2. The fraction of sp³-hybridized carbons (Fsp3) is 0.235. The van der Waals surface area contributed by atoms with E-state index in [9.17, 15) is 13.2 Å². The lowest BCUT2D eigenvalue weighted by Crippen LogP contribution is -2.21. The molecule has 0 saturated heterocycles. The number of rotatable bonds is 3. The number of anilines is 1. The topological polar surface area (TPSA) is 89.1 Å². The molecule has 10 heteroatoms. The quantitative estimate of drug-likeness (QED) is 0.471. The molecule has 0 unspecified atom stereocenters. The summed E-state index contributed by atoms with van der Waals surface area (Å²) < 4.78 is 31.7. The Morgan fingerprint density at radius 1 is 1.22 bits per heavy atom. The number of aromatic nitrogens is 2. The SMILES string of the molecule is Cc1sc2nc(SCc3ccccc3)nc(N)c2c1C.O=C(O)C(F)(F)F. The average molecular weight is 415 g/mol. The van der Waals surface area contributed by atoms with Crippen LogP contribution in [0.1, 0.15) is 16.0 Å². The number of nitrogens with zero attached hydrogens (tertiary/aromatic N) is 2. The number of nitrogens with two attached hydrogens (primary N) is 1. The molecule has 0 aliphatic rings. The van der Waals surface area contributed by atoms with Crippen LogP contribution in [-0.2, 0) is 10.5 Å². The number of thiophene rings is 1. The standard InChI is InChI=1S/C15H15N3S2.C2HF3O2/c1-9-10(2)20-14-12(9)13(16)17-15(18-14)19-8-11-6-4-3-5-7-11;3-2(4,5)1(6)7/h3-7H,8H2,1-2H3,(H2,16,17,18);(H,6,7). The van der Waals surface area contributed by atoms with Crippen molar-refractivity contribution in [3.8, 4) is 0 Å². The third kappa shape index (κ3) is 5.57. The van der Waals surface area contributed by atoms with Gasteiger partial charge in [0.1, 0.15) is 10.6 Å². The lowest BCUT2D eigenvalue weighted by Gasteiger charge is -2.03. The minimum Gasteiger partial charge on any atom is -0.475 e. The van der Waals surface area contributed by atoms with Crippen LogP contribution in [0.25, 0.3) is 10.2 Å². The van der Waals surface area contributed by atoms with E-state index in [-0.39, 0.29) is 0 Å². The summed E-state index contributed by atoms with van der Waals surface area (Å²) in [6.45, 7) is 4.17. The van der Waals surface area contributed by atoms with E-state index in [1.54, 1.807) is 23.1 Å². The lowest BCUT2D eigenvalue weighted by atomic mass is 10.2. The number of hydrogen-bond donors (Lipinski definition) is 2. The Hall–Kier alpha value is -2.33. The summed E-state index contributed by atoms with van der Waals surface area (Å²) in [5.74, 6) is -1.31. The molecule has 3 rings (SSSR count). The average Bonchev–Trinajstić information content (AvgIpc) is 2.88. The van der Waals surface area contributed by atoms with E-state index in [0.29, 0.717) is 5.82 Å². The Labute approximate surface area is 161 Å². The van der Waals surface area contributed by atoms with Crippen molar-refractivity contribution in [1.29, 1.82) is 0 Å². The van der Waals surface area contributed by atoms with Gasteiger partial charge in [-0.15, -0.1) is 11.3 Å². The van der Waals surface area contributed by atoms with Gasteiger partial charge in [0, 0.05) is 10.6 Å². The number of carbonyl (C=O) groups is 1. The highest BCUT2D eigenvalue weighted by Crippen LogP contribution is 2.33. The number of carboxylic acids is 1. The first-order chi connectivity index (χ1) is 12.6. The molecule has 0 atom stereocenters. The van der Waals surface area contributed by atoms with Gasteiger partial charge in [0.2, 0.25) is 0 Å². The smallest absolute Gasteiger partial charge is 0.475 e. The number of carboxylic acid groups (broad SMARTS) is 1. The number of fused-ring (bicyclic) bond motifs is 1. The molecule has 144 valence electrons. The van der Waals surface area contributed by atoms with Crippen LogP contribution in [0.2, 0.25) is 0 Å². The molecule has 27 heavy (non-hydrogen) atoms. The van der Waals surface area contributed by atoms with Gasteiger partial charge >= 0.3 is 12.1 Å². The highest BCUT2D eigenvalue weighted by atomic mass is 32.2. The Kier molecular flexibility index (Phi) is 6.66. The predicted molar refractivity (Wildman–Crippen MR) is 101 cm³/mol. The predicted octanol–water partition coefficient (Wildman–Crippen LogP) is 4.82. The second kappa shape index (κ2) is 8.57. The third-order valence-electron chi connectivity index (χ3n) is 3.49. The van der Waals surface area contributed by atoms with Crippen LogP contribution in [0.5, 0.6) is 0 Å². The number of benzene rings is 1. The van der Waals surface area contributed by atoms with Crippen molar-refractivity contribution in [3.63, 3.8) is 0 Å². The second-order valence-electron chi connectivity index (χ2n) is 5.43. The van der Waals surface area contributed by atoms with E-state index in [1.807, 2.05) is 18.2 Å². The molecule has 0 spiro atoms. The summed E-state index contributed by atoms with van der Waals surface area (Å²) in [7, 11) is 0. The van der Waals surface area contributed by atoms with Crippen molar-refractivity contribution >= 4 is 45.1 Å². The van der Waals surface area contributed by atoms with E-state index in [4.69, 9.17) is 15.6 Å². The molecule has 0 aliphatic heterocycles. The fourth-order valence-corrected chi connectivity index (χ4v) is 3.95. The maximum absolute atomic E-state index is 10.6. The maximum Gasteiger partial charge on any atom is 0.490 e. The summed E-state index contributed by atoms with van der Waals surface area (Å²) >= 11 is 3.31. The summed E-state index contributed by atoms with van der Waals surface area (Å²) in [5.41, 5.74) is 8.54. The first-order valence-corrected chi connectivity index (χ1v) is 9.40. The van der Waals surface area contributed by atoms with Crippen molar-refractivity contribution in [2.24, 2.45) is 0 Å². The van der Waals surface area contributed by atoms with Gasteiger partial charge in [0.05, 0.1) is 5.39 Å². The van der Waals surface area contributed by atoms with Crippen LogP contribution in [-0.4, -0.2) is 27.2 Å². The number of nitrogen functional groups attached to an aromatic ring is 1. The number of thioether (sulfide) groups is 1. The minimum atomic E-state index is -5.08. The van der Waals surface area contributed by atoms with Crippen LogP contribution in [0.3, 0.4) is 0 Å². The summed E-state index contributed by atoms with van der Waals surface area (Å²) in [5, 5.41) is 8.89. The minimum absolute atomic E-state index is 0.590. The van der Waals surface area contributed by atoms with Gasteiger partial charge in [0.15, 0.2) is 5.16 Å². The van der Waals surface area contributed by atoms with Gasteiger partial charge in [0.25, 0.3) is 0 Å². The Bertz CT molecular complexity index is 944. The van der Waals surface area contributed by atoms with E-state index >= 15 is 0 Å². The Balaban J connectivity index is 0.000000321. The van der Waals surface area contributed by atoms with Gasteiger partial charge in [-0.2, -0.15) is 13.2 Å². The van der Waals surface area contributed by atoms with E-state index in [2.05, 4.69) is 35.9 Å². The van der Waals surface area contributed by atoms with Crippen molar-refractivity contribution in [2.75, 3.05) is 5.73 Å². The molecule has 0 bridgehead atoms. The zero-order chi connectivity index (χ0) is 20.2. The molecule has 1 aromatic carbocycles. The monoisotopic (exact) mass is 415 g/mol. The highest BCUT2D eigenvalue weighted by Gasteiger charge is 2.38. The third-order valence-corrected chi connectivity index (χ3v) is 5.51. The molecular weight excluding hydrogens is 399 g/mol. The lowest BCUT2D eigenvalue weighted by molar-refractivity contribution is -0.192. The van der Waals surface area contributed by atoms with E-state index in [0.717, 1.165) is 21.1 Å². The van der Waals surface area contributed by atoms with Crippen LogP contribution in [0.15, 0.2) is 35.5 Å². The Morgan fingerprint density at radius 2 is 1.81 bits per heavy atom. The maximum atomic E-state index is 10.6. The first-order valence-electron chi connectivity index (χ1n) is 7.59. The van der Waals surface area contributed by atoms with Gasteiger partial charge in [-0.25, -0.2) is 14.8 Å². The zero-order valence-electron chi connectivity index (χ0n) is 14.4. The van der Waals surface area contributed by atoms with Crippen LogP contribution in [0.4, 0.5) is 19.0 Å². The fourth-order valence-electron chi connectivity index (χ4n) is 2.05. The van der Waals surface area contributed by atoms with Crippen molar-refractivity contribution in [1.82, 2.24) is 9.97 Å². The molecule has 0 amide bonds. The van der Waals surface area contributed by atoms with Gasteiger partial charge in [-0.1, -0.05) is 42.1 Å². The number of halogens is 3. The van der Waals surface area contributed by atoms with E-state index in [1.165, 1.54) is 16.0 Å². The summed E-state index contributed by atoms with van der Waals surface area (Å²) in [4.78, 5) is 20.2. The molecule has 0 radical (unpaired) electrons. The van der Waals surface area contributed by atoms with Gasteiger partial charge < -0.3 is 10.8 Å². The van der Waals surface area contributed by atoms with Crippen LogP contribution < -0.4 is 5.73 Å². The zero-order valence-corrected chi connectivity index (χ0v) is 16.0. The summed E-state index contributed by atoms with van der Waals surface area (Å²) in [6.07, 6.45) is -5.08. The first kappa shape index (κ1) is 21.0. The molecule has 0 saturated carbocycles. The van der Waals surface area contributed by atoms with Crippen LogP contribution in [0, 0.1) is 13.8 Å². The highest BCUT2D eigenvalue weighted by molar-refractivity contribution is 7.98. The normalized spacial score (nSPS) is 11.1. The number of hydrogen-bond acceptors (Lipinski definition) is 6. The molecule has 3 aromatic rings.